The van der Waals surface area contributed by atoms with Crippen LogP contribution in [-0.4, -0.2) is 45.2 Å². The number of nitrogens with zero attached hydrogens (tertiary/aromatic N) is 2. The van der Waals surface area contributed by atoms with Gasteiger partial charge in [0.05, 0.1) is 0 Å². The molecule has 2 atom stereocenters. The number of aromatic nitrogens is 2. The molecule has 2 aromatic heterocycles. The molecule has 8 heteroatoms. The number of hydrogen-bond acceptors (Lipinski definition) is 7. The molecule has 0 aromatic carbocycles. The molecule has 0 radical (unpaired) electrons. The lowest BCUT2D eigenvalue weighted by atomic mass is 9.96. The van der Waals surface area contributed by atoms with E-state index in [2.05, 4.69) is 9.97 Å². The number of rotatable bonds is 7. The molecule has 2 aromatic rings. The summed E-state index contributed by atoms with van der Waals surface area (Å²) in [5, 5.41) is 8.50. The highest BCUT2D eigenvalue weighted by Gasteiger charge is 2.25. The zero-order valence-corrected chi connectivity index (χ0v) is 15.6. The largest absolute Gasteiger partial charge is 0.480 e. The quantitative estimate of drug-likeness (QED) is 0.600. The lowest BCUT2D eigenvalue weighted by Gasteiger charge is -2.26. The smallest absolute Gasteiger partial charge is 0.323 e. The van der Waals surface area contributed by atoms with Gasteiger partial charge >= 0.3 is 11.9 Å². The third-order valence-corrected chi connectivity index (χ3v) is 4.31. The van der Waals surface area contributed by atoms with Gasteiger partial charge in [0.15, 0.2) is 0 Å². The van der Waals surface area contributed by atoms with Gasteiger partial charge in [-0.3, -0.25) is 19.6 Å². The Balaban J connectivity index is 0.000000209. The highest BCUT2D eigenvalue weighted by molar-refractivity contribution is 5.76. The predicted molar refractivity (Wildman–Crippen MR) is 103 cm³/mol. The molecule has 0 unspecified atom stereocenters. The molecule has 28 heavy (non-hydrogen) atoms. The molecular formula is C20H26N4O4. The second-order valence-corrected chi connectivity index (χ2v) is 6.67. The number of carboxylic acid groups (broad SMARTS) is 1. The SMILES string of the molecule is N[C@H](Cc1cccnc1)C(=O)O.N[C@H](Cc1cccnc1)C(=O)OC1CCC1. The number of carbonyl (C=O) groups is 2. The van der Waals surface area contributed by atoms with Gasteiger partial charge < -0.3 is 21.3 Å². The monoisotopic (exact) mass is 386 g/mol. The molecule has 1 aliphatic carbocycles. The van der Waals surface area contributed by atoms with Crippen molar-refractivity contribution in [3.63, 3.8) is 0 Å². The normalized spacial score (nSPS) is 15.4. The Morgan fingerprint density at radius 2 is 1.57 bits per heavy atom. The lowest BCUT2D eigenvalue weighted by Crippen LogP contribution is -2.38. The molecule has 0 amide bonds. The number of nitrogens with two attached hydrogens (primary N) is 2. The first-order chi connectivity index (χ1) is 13.5. The molecule has 5 N–H and O–H groups in total. The van der Waals surface area contributed by atoms with E-state index in [9.17, 15) is 9.59 Å². The second kappa shape index (κ2) is 11.1. The predicted octanol–water partition coefficient (Wildman–Crippen LogP) is 1.08. The standard InChI is InChI=1S/C12H16N2O2.C8H10N2O2/c13-11(7-9-3-2-6-14-8-9)12(15)16-10-4-1-5-10;9-7(8(11)12)4-6-2-1-3-10-5-6/h2-3,6,8,10-11H,1,4-5,7,13H2;1-3,5,7H,4,9H2,(H,11,12)/t11-;7-/m11/s1. The average molecular weight is 386 g/mol. The zero-order valence-electron chi connectivity index (χ0n) is 15.6. The summed E-state index contributed by atoms with van der Waals surface area (Å²) in [5.41, 5.74) is 12.9. The number of hydrogen-bond donors (Lipinski definition) is 3. The fraction of sp³-hybridized carbons (Fsp3) is 0.400. The number of carboxylic acids is 1. The molecule has 0 aliphatic heterocycles. The Morgan fingerprint density at radius 1 is 1.04 bits per heavy atom. The van der Waals surface area contributed by atoms with Crippen LogP contribution >= 0.6 is 0 Å². The Labute approximate surface area is 163 Å². The maximum Gasteiger partial charge on any atom is 0.323 e. The molecule has 1 fully saturated rings. The zero-order chi connectivity index (χ0) is 20.4. The van der Waals surface area contributed by atoms with Crippen molar-refractivity contribution in [3.05, 3.63) is 60.2 Å². The molecule has 2 heterocycles. The van der Waals surface area contributed by atoms with E-state index in [0.29, 0.717) is 12.8 Å². The summed E-state index contributed by atoms with van der Waals surface area (Å²) in [5.74, 6) is -1.28. The van der Waals surface area contributed by atoms with Gasteiger partial charge in [-0.25, -0.2) is 0 Å². The first-order valence-corrected chi connectivity index (χ1v) is 9.18. The van der Waals surface area contributed by atoms with Gasteiger partial charge in [0, 0.05) is 24.8 Å². The van der Waals surface area contributed by atoms with E-state index in [1.165, 1.54) is 0 Å². The van der Waals surface area contributed by atoms with E-state index >= 15 is 0 Å². The summed E-state index contributed by atoms with van der Waals surface area (Å²) >= 11 is 0. The van der Waals surface area contributed by atoms with Crippen LogP contribution in [0.4, 0.5) is 0 Å². The van der Waals surface area contributed by atoms with E-state index < -0.39 is 18.1 Å². The van der Waals surface area contributed by atoms with Crippen molar-refractivity contribution >= 4 is 11.9 Å². The van der Waals surface area contributed by atoms with Gasteiger partial charge in [0.1, 0.15) is 18.2 Å². The van der Waals surface area contributed by atoms with Crippen LogP contribution in [0.1, 0.15) is 30.4 Å². The van der Waals surface area contributed by atoms with Crippen LogP contribution in [0.15, 0.2) is 49.1 Å². The Hall–Kier alpha value is -2.84. The van der Waals surface area contributed by atoms with Crippen LogP contribution in [0.2, 0.25) is 0 Å². The fourth-order valence-corrected chi connectivity index (χ4v) is 2.46. The molecule has 0 spiro atoms. The second-order valence-electron chi connectivity index (χ2n) is 6.67. The first kappa shape index (κ1) is 21.5. The summed E-state index contributed by atoms with van der Waals surface area (Å²) in [4.78, 5) is 29.8. The third-order valence-electron chi connectivity index (χ3n) is 4.31. The van der Waals surface area contributed by atoms with Gasteiger partial charge in [0.2, 0.25) is 0 Å². The summed E-state index contributed by atoms with van der Waals surface area (Å²) in [6.45, 7) is 0. The van der Waals surface area contributed by atoms with Crippen LogP contribution < -0.4 is 11.5 Å². The highest BCUT2D eigenvalue weighted by Crippen LogP contribution is 2.22. The lowest BCUT2D eigenvalue weighted by molar-refractivity contribution is -0.154. The molecular weight excluding hydrogens is 360 g/mol. The number of esters is 1. The van der Waals surface area contributed by atoms with E-state index in [4.69, 9.17) is 21.3 Å². The number of aliphatic carboxylic acids is 1. The molecule has 1 aliphatic rings. The molecule has 0 bridgehead atoms. The molecule has 8 nitrogen and oxygen atoms in total. The number of carbonyl (C=O) groups excluding carboxylic acids is 1. The number of ether oxygens (including phenoxy) is 1. The summed E-state index contributed by atoms with van der Waals surface area (Å²) in [6, 6.07) is 5.88. The maximum atomic E-state index is 11.6. The van der Waals surface area contributed by atoms with Crippen molar-refractivity contribution in [2.24, 2.45) is 11.5 Å². The van der Waals surface area contributed by atoms with Crippen LogP contribution in [0.3, 0.4) is 0 Å². The minimum Gasteiger partial charge on any atom is -0.480 e. The van der Waals surface area contributed by atoms with Gasteiger partial charge in [-0.1, -0.05) is 12.1 Å². The van der Waals surface area contributed by atoms with Crippen LogP contribution in [0, 0.1) is 0 Å². The van der Waals surface area contributed by atoms with E-state index in [1.807, 2.05) is 12.1 Å². The molecule has 150 valence electrons. The maximum absolute atomic E-state index is 11.6. The summed E-state index contributed by atoms with van der Waals surface area (Å²) in [7, 11) is 0. The van der Waals surface area contributed by atoms with Crippen LogP contribution in [-0.2, 0) is 27.2 Å². The van der Waals surface area contributed by atoms with Crippen molar-refractivity contribution in [2.75, 3.05) is 0 Å². The summed E-state index contributed by atoms with van der Waals surface area (Å²) in [6.07, 6.45) is 10.7. The van der Waals surface area contributed by atoms with Gasteiger partial charge in [-0.05, 0) is 55.4 Å². The van der Waals surface area contributed by atoms with Crippen molar-refractivity contribution in [1.29, 1.82) is 0 Å². The van der Waals surface area contributed by atoms with Crippen molar-refractivity contribution < 1.29 is 19.4 Å². The van der Waals surface area contributed by atoms with Crippen LogP contribution in [0.5, 0.6) is 0 Å². The van der Waals surface area contributed by atoms with E-state index in [1.54, 1.807) is 36.9 Å². The van der Waals surface area contributed by atoms with Crippen molar-refractivity contribution in [3.8, 4) is 0 Å². The molecule has 3 rings (SSSR count). The number of pyridine rings is 2. The van der Waals surface area contributed by atoms with Gasteiger partial charge in [-0.15, -0.1) is 0 Å². The molecule has 1 saturated carbocycles. The highest BCUT2D eigenvalue weighted by atomic mass is 16.5. The third kappa shape index (κ3) is 7.42. The Kier molecular flexibility index (Phi) is 8.51. The Morgan fingerprint density at radius 3 is 1.96 bits per heavy atom. The minimum atomic E-state index is -0.987. The van der Waals surface area contributed by atoms with E-state index in [-0.39, 0.29) is 12.1 Å². The molecule has 0 saturated heterocycles. The van der Waals surface area contributed by atoms with Crippen LogP contribution in [0.25, 0.3) is 0 Å². The van der Waals surface area contributed by atoms with Crippen molar-refractivity contribution in [1.82, 2.24) is 9.97 Å². The van der Waals surface area contributed by atoms with Gasteiger partial charge in [-0.2, -0.15) is 0 Å². The van der Waals surface area contributed by atoms with E-state index in [0.717, 1.165) is 30.4 Å². The van der Waals surface area contributed by atoms with Gasteiger partial charge in [0.25, 0.3) is 0 Å². The fourth-order valence-electron chi connectivity index (χ4n) is 2.46. The first-order valence-electron chi connectivity index (χ1n) is 9.18. The average Bonchev–Trinajstić information content (AvgIpc) is 2.66. The Bertz CT molecular complexity index is 738. The van der Waals surface area contributed by atoms with Crippen molar-refractivity contribution in [2.45, 2.75) is 50.3 Å². The topological polar surface area (TPSA) is 141 Å². The minimum absolute atomic E-state index is 0.104. The summed E-state index contributed by atoms with van der Waals surface area (Å²) < 4.78 is 5.24.